The number of thiol groups is 1. The summed E-state index contributed by atoms with van der Waals surface area (Å²) >= 11 is 3.38. The zero-order valence-electron chi connectivity index (χ0n) is 12.9. The van der Waals surface area contributed by atoms with Crippen molar-refractivity contribution in [3.05, 3.63) is 0 Å². The Bertz CT molecular complexity index is 382. The van der Waals surface area contributed by atoms with Crippen LogP contribution in [-0.2, 0) is 13.8 Å². The fraction of sp³-hybridized carbons (Fsp3) is 0.833. The smallest absolute Gasteiger partial charge is 0.335 e. The normalized spacial score (nSPS) is 14.6. The average molecular weight is 356 g/mol. The Balaban J connectivity index is 4.70. The van der Waals surface area contributed by atoms with Gasteiger partial charge in [0, 0.05) is 32.4 Å². The first-order valence-electron chi connectivity index (χ1n) is 6.79. The fourth-order valence-electron chi connectivity index (χ4n) is 2.03. The summed E-state index contributed by atoms with van der Waals surface area (Å²) in [6.07, 6.45) is -4.25. The van der Waals surface area contributed by atoms with Gasteiger partial charge >= 0.3 is 11.9 Å². The first-order chi connectivity index (χ1) is 10.6. The van der Waals surface area contributed by atoms with Crippen molar-refractivity contribution in [3.8, 4) is 0 Å². The first kappa shape index (κ1) is 22.1. The van der Waals surface area contributed by atoms with Crippen LogP contribution in [0.5, 0.6) is 0 Å². The maximum Gasteiger partial charge on any atom is 0.335 e. The highest BCUT2D eigenvalue weighted by Crippen LogP contribution is 2.10. The second kappa shape index (κ2) is 10.8. The molecule has 5 N–H and O–H groups in total. The Morgan fingerprint density at radius 1 is 1.09 bits per heavy atom. The molecule has 0 saturated heterocycles. The van der Waals surface area contributed by atoms with E-state index in [0.29, 0.717) is 0 Å². The second-order valence-electron chi connectivity index (χ2n) is 5.18. The molecule has 0 aliphatic carbocycles. The van der Waals surface area contributed by atoms with Crippen molar-refractivity contribution >= 4 is 24.8 Å². The predicted octanol–water partition coefficient (Wildman–Crippen LogP) is -2.54. The number of carbonyl (C=O) groups excluding carboxylic acids is 1. The Morgan fingerprint density at radius 3 is 2.00 bits per heavy atom. The van der Waals surface area contributed by atoms with Crippen LogP contribution < -0.4 is 0 Å². The van der Waals surface area contributed by atoms with Crippen molar-refractivity contribution in [2.45, 2.75) is 37.5 Å². The molecule has 23 heavy (non-hydrogen) atoms. The minimum absolute atomic E-state index is 0.196. The van der Waals surface area contributed by atoms with Crippen LogP contribution in [0, 0.1) is 0 Å². The summed E-state index contributed by atoms with van der Waals surface area (Å²) in [6.45, 7) is 0.406. The Hall–Kier alpha value is -0.950. The lowest BCUT2D eigenvalue weighted by atomic mass is 10.1. The lowest BCUT2D eigenvalue weighted by molar-refractivity contribution is -0.147. The highest BCUT2D eigenvalue weighted by molar-refractivity contribution is 7.75. The maximum absolute atomic E-state index is 11.6. The standard InChI is InChI=1S/C12H24N2O8S/c1-13(7(11(19)20)5-9(15)16)3-4-14(2)8(6-10(17)18)12(21)22-23/h7-9,11,15-16,19-20,23H,3-6H2,1-2H3,(H,17,18). The fourth-order valence-corrected chi connectivity index (χ4v) is 2.15. The number of carbonyl (C=O) groups is 2. The molecule has 10 nitrogen and oxygen atoms in total. The van der Waals surface area contributed by atoms with Crippen molar-refractivity contribution < 1.29 is 39.3 Å². The number of hydrogen-bond donors (Lipinski definition) is 6. The second-order valence-corrected chi connectivity index (χ2v) is 5.37. The van der Waals surface area contributed by atoms with Gasteiger partial charge in [0.2, 0.25) is 0 Å². The minimum atomic E-state index is -1.79. The molecule has 0 aromatic carbocycles. The molecule has 2 unspecified atom stereocenters. The average Bonchev–Trinajstić information content (AvgIpc) is 2.45. The molecule has 0 fully saturated rings. The zero-order chi connectivity index (χ0) is 18.2. The lowest BCUT2D eigenvalue weighted by Crippen LogP contribution is -2.48. The Labute approximate surface area is 139 Å². The van der Waals surface area contributed by atoms with E-state index >= 15 is 0 Å². The summed E-state index contributed by atoms with van der Waals surface area (Å²) in [4.78, 5) is 25.3. The van der Waals surface area contributed by atoms with Crippen LogP contribution in [0.4, 0.5) is 0 Å². The molecular weight excluding hydrogens is 332 g/mol. The molecule has 0 heterocycles. The molecule has 0 saturated carbocycles. The van der Waals surface area contributed by atoms with Gasteiger partial charge in [-0.15, -0.1) is 0 Å². The third-order valence-electron chi connectivity index (χ3n) is 3.43. The van der Waals surface area contributed by atoms with Gasteiger partial charge in [-0.3, -0.25) is 14.6 Å². The van der Waals surface area contributed by atoms with E-state index in [-0.39, 0.29) is 19.5 Å². The minimum Gasteiger partial charge on any atom is -0.481 e. The molecule has 0 aliphatic rings. The Morgan fingerprint density at radius 2 is 1.61 bits per heavy atom. The van der Waals surface area contributed by atoms with Crippen molar-refractivity contribution in [1.29, 1.82) is 0 Å². The number of rotatable bonds is 11. The van der Waals surface area contributed by atoms with E-state index in [9.17, 15) is 19.8 Å². The summed E-state index contributed by atoms with van der Waals surface area (Å²) in [5, 5.41) is 45.3. The van der Waals surface area contributed by atoms with Crippen LogP contribution >= 0.6 is 12.9 Å². The molecule has 2 atom stereocenters. The van der Waals surface area contributed by atoms with Gasteiger partial charge in [0.25, 0.3) is 0 Å². The van der Waals surface area contributed by atoms with Crippen molar-refractivity contribution in [2.24, 2.45) is 0 Å². The highest BCUT2D eigenvalue weighted by atomic mass is 32.1. The maximum atomic E-state index is 11.6. The number of likely N-dealkylation sites (N-methyl/N-ethyl adjacent to an activating group) is 2. The van der Waals surface area contributed by atoms with Crippen molar-refractivity contribution in [3.63, 3.8) is 0 Å². The molecule has 0 rings (SSSR count). The predicted molar refractivity (Wildman–Crippen MR) is 81.2 cm³/mol. The monoisotopic (exact) mass is 356 g/mol. The molecule has 0 amide bonds. The zero-order valence-corrected chi connectivity index (χ0v) is 13.8. The number of carboxylic acid groups (broad SMARTS) is 1. The van der Waals surface area contributed by atoms with Crippen LogP contribution in [-0.4, -0.2) is 99.1 Å². The lowest BCUT2D eigenvalue weighted by Gasteiger charge is -2.32. The third-order valence-corrected chi connectivity index (χ3v) is 3.61. The van der Waals surface area contributed by atoms with Crippen LogP contribution in [0.1, 0.15) is 12.8 Å². The van der Waals surface area contributed by atoms with Gasteiger partial charge in [-0.25, -0.2) is 4.79 Å². The van der Waals surface area contributed by atoms with Gasteiger partial charge in [0.1, 0.15) is 6.04 Å². The number of aliphatic hydroxyl groups excluding tert-OH is 2. The number of nitrogens with zero attached hydrogens (tertiary/aromatic N) is 2. The summed E-state index contributed by atoms with van der Waals surface area (Å²) < 4.78 is 4.27. The number of aliphatic hydroxyl groups is 4. The molecular formula is C12H24N2O8S. The summed E-state index contributed by atoms with van der Waals surface area (Å²) in [6, 6.07) is -1.97. The first-order valence-corrected chi connectivity index (χ1v) is 7.16. The van der Waals surface area contributed by atoms with E-state index in [0.717, 1.165) is 0 Å². The summed E-state index contributed by atoms with van der Waals surface area (Å²) in [5.74, 6) is -1.99. The quantitative estimate of drug-likeness (QED) is 0.133. The Kier molecular flexibility index (Phi) is 10.3. The van der Waals surface area contributed by atoms with Gasteiger partial charge in [-0.1, -0.05) is 0 Å². The molecule has 0 aromatic rings. The number of carboxylic acids is 1. The van der Waals surface area contributed by atoms with Gasteiger partial charge in [-0.2, -0.15) is 0 Å². The third kappa shape index (κ3) is 8.46. The molecule has 0 bridgehead atoms. The van der Waals surface area contributed by atoms with Crippen LogP contribution in [0.3, 0.4) is 0 Å². The van der Waals surface area contributed by atoms with Crippen LogP contribution in [0.15, 0.2) is 0 Å². The van der Waals surface area contributed by atoms with Gasteiger partial charge in [0.05, 0.1) is 12.5 Å². The molecule has 136 valence electrons. The molecule has 0 radical (unpaired) electrons. The van der Waals surface area contributed by atoms with E-state index in [1.165, 1.54) is 23.9 Å². The number of hydrogen-bond acceptors (Lipinski definition) is 10. The van der Waals surface area contributed by atoms with Gasteiger partial charge < -0.3 is 29.7 Å². The molecule has 0 aliphatic heterocycles. The van der Waals surface area contributed by atoms with E-state index in [2.05, 4.69) is 17.1 Å². The van der Waals surface area contributed by atoms with E-state index in [1.54, 1.807) is 0 Å². The van der Waals surface area contributed by atoms with E-state index < -0.39 is 43.0 Å². The topological polar surface area (TPSA) is 151 Å². The van der Waals surface area contributed by atoms with Crippen LogP contribution in [0.25, 0.3) is 0 Å². The van der Waals surface area contributed by atoms with Gasteiger partial charge in [-0.05, 0) is 14.1 Å². The van der Waals surface area contributed by atoms with Crippen molar-refractivity contribution in [1.82, 2.24) is 9.80 Å². The molecule has 0 spiro atoms. The molecule has 11 heteroatoms. The number of aliphatic carboxylic acids is 1. The molecule has 0 aromatic heterocycles. The van der Waals surface area contributed by atoms with Crippen molar-refractivity contribution in [2.75, 3.05) is 27.2 Å². The largest absolute Gasteiger partial charge is 0.481 e. The van der Waals surface area contributed by atoms with Crippen LogP contribution in [0.2, 0.25) is 0 Å². The van der Waals surface area contributed by atoms with Gasteiger partial charge in [0.15, 0.2) is 12.6 Å². The SMILES string of the molecule is CN(CCN(C)C(CC(O)O)C(O)O)C(CC(=O)O)C(=O)OS. The highest BCUT2D eigenvalue weighted by Gasteiger charge is 2.29. The van der Waals surface area contributed by atoms with E-state index in [4.69, 9.17) is 15.3 Å². The van der Waals surface area contributed by atoms with E-state index in [1.807, 2.05) is 0 Å². The summed E-state index contributed by atoms with van der Waals surface area (Å²) in [5.41, 5.74) is 0. The summed E-state index contributed by atoms with van der Waals surface area (Å²) in [7, 11) is 3.04.